The van der Waals surface area contributed by atoms with Crippen molar-refractivity contribution in [2.45, 2.75) is 27.7 Å². The smallest absolute Gasteiger partial charge is 0.172 e. The van der Waals surface area contributed by atoms with Crippen LogP contribution in [0.4, 0.5) is 17.1 Å². The lowest BCUT2D eigenvalue weighted by Crippen LogP contribution is -2.12. The van der Waals surface area contributed by atoms with Crippen LogP contribution in [0.5, 0.6) is 28.7 Å². The molecule has 0 spiro atoms. The lowest BCUT2D eigenvalue weighted by molar-refractivity contribution is 0.406. The molecule has 0 aromatic heterocycles. The van der Waals surface area contributed by atoms with Gasteiger partial charge >= 0.3 is 0 Å². The van der Waals surface area contributed by atoms with Crippen LogP contribution in [0.15, 0.2) is 72.8 Å². The highest BCUT2D eigenvalue weighted by atomic mass is 16.5. The number of aromatic hydroxyl groups is 3. The van der Waals surface area contributed by atoms with Crippen molar-refractivity contribution in [3.05, 3.63) is 95.1 Å². The molecule has 4 aromatic carbocycles. The topological polar surface area (TPSA) is 73.2 Å². The molecule has 5 heteroatoms. The fraction of sp³-hybridized carbons (Fsp3) is 0.143. The van der Waals surface area contributed by atoms with Crippen LogP contribution in [0.3, 0.4) is 0 Å². The van der Waals surface area contributed by atoms with Gasteiger partial charge in [0.2, 0.25) is 0 Å². The molecule has 0 saturated heterocycles. The Bertz CT molecular complexity index is 1260. The van der Waals surface area contributed by atoms with Crippen molar-refractivity contribution in [3.63, 3.8) is 0 Å². The number of phenolic OH excluding ortho intramolecular Hbond substituents is 3. The quantitative estimate of drug-likeness (QED) is 0.303. The Balaban J connectivity index is 1.76. The average molecular weight is 442 g/mol. The molecule has 0 amide bonds. The molecular formula is C28H27NO4. The van der Waals surface area contributed by atoms with E-state index in [-0.39, 0.29) is 17.2 Å². The van der Waals surface area contributed by atoms with E-state index in [2.05, 4.69) is 4.90 Å². The van der Waals surface area contributed by atoms with Gasteiger partial charge in [-0.3, -0.25) is 0 Å². The summed E-state index contributed by atoms with van der Waals surface area (Å²) in [5, 5.41) is 30.2. The van der Waals surface area contributed by atoms with Crippen molar-refractivity contribution in [2.24, 2.45) is 0 Å². The van der Waals surface area contributed by atoms with Crippen molar-refractivity contribution in [2.75, 3.05) is 4.90 Å². The molecule has 0 atom stereocenters. The summed E-state index contributed by atoms with van der Waals surface area (Å²) < 4.78 is 6.01. The predicted octanol–water partition coefficient (Wildman–Crippen LogP) is 7.30. The monoisotopic (exact) mass is 441 g/mol. The van der Waals surface area contributed by atoms with Gasteiger partial charge in [0.1, 0.15) is 17.2 Å². The van der Waals surface area contributed by atoms with E-state index in [0.29, 0.717) is 11.5 Å². The summed E-state index contributed by atoms with van der Waals surface area (Å²) in [6, 6.07) is 21.9. The van der Waals surface area contributed by atoms with Crippen LogP contribution in [-0.4, -0.2) is 15.3 Å². The second-order valence-electron chi connectivity index (χ2n) is 8.25. The van der Waals surface area contributed by atoms with E-state index in [1.807, 2.05) is 76.2 Å². The third-order valence-electron chi connectivity index (χ3n) is 5.69. The SMILES string of the molecule is Cc1cc(O)ccc1N(c1ccc(Oc2c(C)ccc(C)c2O)cc1)c1ccc(O)cc1C. The summed E-state index contributed by atoms with van der Waals surface area (Å²) in [6.07, 6.45) is 0. The Labute approximate surface area is 193 Å². The standard InChI is InChI=1S/C28H27NO4/c1-17-5-6-18(2)28(27(17)32)33-24-11-7-21(8-12-24)29(25-13-9-22(30)15-19(25)3)26-14-10-23(31)16-20(26)4/h5-16,30-32H,1-4H3. The van der Waals surface area contributed by atoms with Crippen molar-refractivity contribution in [3.8, 4) is 28.7 Å². The average Bonchev–Trinajstić information content (AvgIpc) is 2.78. The maximum atomic E-state index is 10.4. The van der Waals surface area contributed by atoms with Crippen LogP contribution in [0.1, 0.15) is 22.3 Å². The minimum Gasteiger partial charge on any atom is -0.508 e. The molecule has 3 N–H and O–H groups in total. The summed E-state index contributed by atoms with van der Waals surface area (Å²) in [4.78, 5) is 2.07. The second kappa shape index (κ2) is 8.79. The van der Waals surface area contributed by atoms with E-state index in [9.17, 15) is 15.3 Å². The maximum Gasteiger partial charge on any atom is 0.172 e. The number of phenols is 3. The fourth-order valence-electron chi connectivity index (χ4n) is 3.87. The Kier molecular flexibility index (Phi) is 5.88. The van der Waals surface area contributed by atoms with Gasteiger partial charge in [0.15, 0.2) is 11.5 Å². The first kappa shape index (κ1) is 22.1. The van der Waals surface area contributed by atoms with E-state index in [1.54, 1.807) is 24.3 Å². The molecule has 4 aromatic rings. The zero-order valence-corrected chi connectivity index (χ0v) is 19.1. The fourth-order valence-corrected chi connectivity index (χ4v) is 3.87. The third kappa shape index (κ3) is 4.44. The van der Waals surface area contributed by atoms with Crippen LogP contribution in [0.2, 0.25) is 0 Å². The van der Waals surface area contributed by atoms with Crippen LogP contribution >= 0.6 is 0 Å². The number of aryl methyl sites for hydroxylation is 4. The first-order valence-electron chi connectivity index (χ1n) is 10.7. The number of benzene rings is 4. The number of anilines is 3. The number of hydrogen-bond donors (Lipinski definition) is 3. The second-order valence-corrected chi connectivity index (χ2v) is 8.25. The first-order chi connectivity index (χ1) is 15.7. The number of ether oxygens (including phenoxy) is 1. The van der Waals surface area contributed by atoms with Gasteiger partial charge in [-0.2, -0.15) is 0 Å². The van der Waals surface area contributed by atoms with Crippen LogP contribution < -0.4 is 9.64 Å². The van der Waals surface area contributed by atoms with Crippen molar-refractivity contribution < 1.29 is 20.1 Å². The number of nitrogens with zero attached hydrogens (tertiary/aromatic N) is 1. The van der Waals surface area contributed by atoms with Crippen LogP contribution in [0.25, 0.3) is 0 Å². The summed E-state index contributed by atoms with van der Waals surface area (Å²) in [6.45, 7) is 7.62. The van der Waals surface area contributed by atoms with Gasteiger partial charge in [-0.15, -0.1) is 0 Å². The molecule has 0 heterocycles. The van der Waals surface area contributed by atoms with Gasteiger partial charge in [0.25, 0.3) is 0 Å². The normalized spacial score (nSPS) is 10.8. The maximum absolute atomic E-state index is 10.4. The predicted molar refractivity (Wildman–Crippen MR) is 132 cm³/mol. The van der Waals surface area contributed by atoms with Gasteiger partial charge in [0, 0.05) is 17.1 Å². The van der Waals surface area contributed by atoms with Crippen LogP contribution in [0, 0.1) is 27.7 Å². The van der Waals surface area contributed by atoms with E-state index in [1.165, 1.54) is 0 Å². The lowest BCUT2D eigenvalue weighted by Gasteiger charge is -2.28. The molecule has 0 aliphatic rings. The zero-order chi connectivity index (χ0) is 23.7. The Morgan fingerprint density at radius 1 is 0.576 bits per heavy atom. The third-order valence-corrected chi connectivity index (χ3v) is 5.69. The highest BCUT2D eigenvalue weighted by Crippen LogP contribution is 2.41. The minimum atomic E-state index is 0.139. The molecular weight excluding hydrogens is 414 g/mol. The van der Waals surface area contributed by atoms with Gasteiger partial charge in [-0.25, -0.2) is 0 Å². The van der Waals surface area contributed by atoms with Gasteiger partial charge in [-0.1, -0.05) is 12.1 Å². The largest absolute Gasteiger partial charge is 0.508 e. The zero-order valence-electron chi connectivity index (χ0n) is 19.1. The Morgan fingerprint density at radius 3 is 1.61 bits per heavy atom. The molecule has 0 bridgehead atoms. The molecule has 0 fully saturated rings. The molecule has 0 saturated carbocycles. The summed E-state index contributed by atoms with van der Waals surface area (Å²) in [5.41, 5.74) is 6.11. The highest BCUT2D eigenvalue weighted by Gasteiger charge is 2.18. The van der Waals surface area contributed by atoms with E-state index < -0.39 is 0 Å². The first-order valence-corrected chi connectivity index (χ1v) is 10.7. The highest BCUT2D eigenvalue weighted by molar-refractivity contribution is 5.80. The molecule has 4 rings (SSSR count). The summed E-state index contributed by atoms with van der Waals surface area (Å²) in [7, 11) is 0. The van der Waals surface area contributed by atoms with E-state index >= 15 is 0 Å². The molecule has 33 heavy (non-hydrogen) atoms. The Hall–Kier alpha value is -4.12. The molecule has 0 aliphatic carbocycles. The van der Waals surface area contributed by atoms with Crippen molar-refractivity contribution >= 4 is 17.1 Å². The number of hydrogen-bond acceptors (Lipinski definition) is 5. The van der Waals surface area contributed by atoms with Crippen LogP contribution in [-0.2, 0) is 0 Å². The summed E-state index contributed by atoms with van der Waals surface area (Å²) >= 11 is 0. The van der Waals surface area contributed by atoms with E-state index in [0.717, 1.165) is 39.3 Å². The summed E-state index contributed by atoms with van der Waals surface area (Å²) in [5.74, 6) is 1.60. The minimum absolute atomic E-state index is 0.139. The van der Waals surface area contributed by atoms with E-state index in [4.69, 9.17) is 4.74 Å². The van der Waals surface area contributed by atoms with Crippen molar-refractivity contribution in [1.29, 1.82) is 0 Å². The molecule has 0 unspecified atom stereocenters. The number of rotatable bonds is 5. The van der Waals surface area contributed by atoms with Crippen molar-refractivity contribution in [1.82, 2.24) is 0 Å². The van der Waals surface area contributed by atoms with Gasteiger partial charge in [-0.05, 0) is 111 Å². The Morgan fingerprint density at radius 2 is 1.09 bits per heavy atom. The lowest BCUT2D eigenvalue weighted by atomic mass is 10.1. The molecule has 0 aliphatic heterocycles. The molecule has 0 radical (unpaired) electrons. The molecule has 168 valence electrons. The molecule has 5 nitrogen and oxygen atoms in total. The van der Waals surface area contributed by atoms with Gasteiger partial charge in [0.05, 0.1) is 0 Å². The van der Waals surface area contributed by atoms with Gasteiger partial charge < -0.3 is 25.0 Å².